The third kappa shape index (κ3) is 3.13. The molecule has 9 heteroatoms. The molecule has 3 aromatic rings. The average molecular weight is 372 g/mol. The van der Waals surface area contributed by atoms with Crippen LogP contribution in [0, 0.1) is 23.0 Å². The molecular weight excluding hydrogens is 358 g/mol. The first-order valence-electron chi connectivity index (χ1n) is 7.65. The number of nitriles is 1. The van der Waals surface area contributed by atoms with Crippen LogP contribution >= 0.6 is 0 Å². The zero-order valence-electron chi connectivity index (χ0n) is 14.7. The van der Waals surface area contributed by atoms with Crippen LogP contribution in [0.15, 0.2) is 24.3 Å². The molecule has 1 aromatic heterocycles. The highest BCUT2D eigenvalue weighted by Gasteiger charge is 2.17. The summed E-state index contributed by atoms with van der Waals surface area (Å²) < 4.78 is 44.0. The standard InChI is InChI=1S/C18H14F2N4O3/c1-25-16-5-4-10(17(26-2)18(16)27-3)6-11(9-21)24-15-8-13(20)12(19)7-14(15)22-23-24/h4-8H,1-3H3/b11-6+. The Hall–Kier alpha value is -3.67. The van der Waals surface area contributed by atoms with Crippen molar-refractivity contribution in [2.45, 2.75) is 0 Å². The fourth-order valence-electron chi connectivity index (χ4n) is 2.62. The van der Waals surface area contributed by atoms with Gasteiger partial charge in [-0.15, -0.1) is 5.10 Å². The third-order valence-electron chi connectivity index (χ3n) is 3.86. The fourth-order valence-corrected chi connectivity index (χ4v) is 2.62. The van der Waals surface area contributed by atoms with Gasteiger partial charge < -0.3 is 14.2 Å². The lowest BCUT2D eigenvalue weighted by atomic mass is 10.1. The minimum absolute atomic E-state index is 0.0222. The minimum atomic E-state index is -1.06. The van der Waals surface area contributed by atoms with E-state index in [9.17, 15) is 14.0 Å². The predicted octanol–water partition coefficient (Wildman–Crippen LogP) is 3.26. The first-order chi connectivity index (χ1) is 13.0. The van der Waals surface area contributed by atoms with E-state index in [1.807, 2.05) is 6.07 Å². The molecule has 0 spiro atoms. The van der Waals surface area contributed by atoms with Crippen LogP contribution in [0.3, 0.4) is 0 Å². The number of rotatable bonds is 5. The molecule has 27 heavy (non-hydrogen) atoms. The second kappa shape index (κ2) is 7.29. The number of benzene rings is 2. The molecule has 0 atom stereocenters. The van der Waals surface area contributed by atoms with Crippen molar-refractivity contribution in [2.24, 2.45) is 0 Å². The summed E-state index contributed by atoms with van der Waals surface area (Å²) >= 11 is 0. The SMILES string of the molecule is COc1ccc(/C=C(\C#N)n2nnc3cc(F)c(F)cc32)c(OC)c1OC. The molecule has 0 bridgehead atoms. The topological polar surface area (TPSA) is 82.2 Å². The second-order valence-electron chi connectivity index (χ2n) is 5.32. The highest BCUT2D eigenvalue weighted by Crippen LogP contribution is 2.40. The number of halogens is 2. The van der Waals surface area contributed by atoms with E-state index >= 15 is 0 Å². The molecule has 0 unspecified atom stereocenters. The lowest BCUT2D eigenvalue weighted by Gasteiger charge is -2.14. The number of aromatic nitrogens is 3. The van der Waals surface area contributed by atoms with Gasteiger partial charge in [0.05, 0.1) is 26.8 Å². The van der Waals surface area contributed by atoms with Crippen molar-refractivity contribution in [3.8, 4) is 23.3 Å². The van der Waals surface area contributed by atoms with Gasteiger partial charge >= 0.3 is 0 Å². The Labute approximate surface area is 153 Å². The average Bonchev–Trinajstić information content (AvgIpc) is 3.07. The molecule has 3 rings (SSSR count). The summed E-state index contributed by atoms with van der Waals surface area (Å²) in [5, 5.41) is 17.2. The molecule has 0 fully saturated rings. The van der Waals surface area contributed by atoms with E-state index in [0.717, 1.165) is 16.8 Å². The highest BCUT2D eigenvalue weighted by atomic mass is 19.2. The summed E-state index contributed by atoms with van der Waals surface area (Å²) in [7, 11) is 4.40. The van der Waals surface area contributed by atoms with Crippen LogP contribution in [0.2, 0.25) is 0 Å². The van der Waals surface area contributed by atoms with Crippen LogP contribution in [0.25, 0.3) is 22.8 Å². The molecular formula is C18H14F2N4O3. The maximum absolute atomic E-state index is 13.6. The van der Waals surface area contributed by atoms with Crippen molar-refractivity contribution in [1.82, 2.24) is 15.0 Å². The van der Waals surface area contributed by atoms with Crippen molar-refractivity contribution in [3.63, 3.8) is 0 Å². The second-order valence-corrected chi connectivity index (χ2v) is 5.32. The zero-order valence-corrected chi connectivity index (χ0v) is 14.7. The molecule has 0 aliphatic rings. The summed E-state index contributed by atoms with van der Waals surface area (Å²) in [5.74, 6) is -0.965. The lowest BCUT2D eigenvalue weighted by Crippen LogP contribution is -2.00. The number of nitrogens with zero attached hydrogens (tertiary/aromatic N) is 4. The molecule has 138 valence electrons. The first-order valence-corrected chi connectivity index (χ1v) is 7.65. The van der Waals surface area contributed by atoms with Gasteiger partial charge in [-0.2, -0.15) is 5.26 Å². The number of hydrogen-bond donors (Lipinski definition) is 0. The number of hydrogen-bond acceptors (Lipinski definition) is 6. The van der Waals surface area contributed by atoms with E-state index in [1.165, 1.54) is 27.4 Å². The lowest BCUT2D eigenvalue weighted by molar-refractivity contribution is 0.324. The molecule has 0 saturated heterocycles. The molecule has 0 saturated carbocycles. The molecule has 7 nitrogen and oxygen atoms in total. The van der Waals surface area contributed by atoms with E-state index in [-0.39, 0.29) is 16.7 Å². The summed E-state index contributed by atoms with van der Waals surface area (Å²) in [6.45, 7) is 0. The monoisotopic (exact) mass is 372 g/mol. The Kier molecular flexibility index (Phi) is 4.90. The molecule has 1 heterocycles. The van der Waals surface area contributed by atoms with Gasteiger partial charge in [-0.3, -0.25) is 0 Å². The normalized spacial score (nSPS) is 11.3. The fraction of sp³-hybridized carbons (Fsp3) is 0.167. The number of methoxy groups -OCH3 is 3. The number of ether oxygens (including phenoxy) is 3. The van der Waals surface area contributed by atoms with Gasteiger partial charge in [0.1, 0.15) is 17.3 Å². The van der Waals surface area contributed by atoms with Crippen molar-refractivity contribution in [3.05, 3.63) is 41.5 Å². The van der Waals surface area contributed by atoms with Crippen molar-refractivity contribution < 1.29 is 23.0 Å². The summed E-state index contributed by atoms with van der Waals surface area (Å²) in [6.07, 6.45) is 1.47. The Morgan fingerprint density at radius 3 is 2.41 bits per heavy atom. The van der Waals surface area contributed by atoms with E-state index in [2.05, 4.69) is 10.3 Å². The highest BCUT2D eigenvalue weighted by molar-refractivity contribution is 5.88. The molecule has 0 amide bonds. The van der Waals surface area contributed by atoms with Crippen LogP contribution in [0.5, 0.6) is 17.2 Å². The molecule has 2 aromatic carbocycles. The van der Waals surface area contributed by atoms with Crippen LogP contribution in [-0.4, -0.2) is 36.3 Å². The van der Waals surface area contributed by atoms with E-state index in [4.69, 9.17) is 14.2 Å². The van der Waals surface area contributed by atoms with Gasteiger partial charge in [0.25, 0.3) is 0 Å². The minimum Gasteiger partial charge on any atom is -0.493 e. The maximum atomic E-state index is 13.6. The van der Waals surface area contributed by atoms with Crippen LogP contribution < -0.4 is 14.2 Å². The summed E-state index contributed by atoms with van der Waals surface area (Å²) in [6, 6.07) is 7.14. The van der Waals surface area contributed by atoms with Gasteiger partial charge in [-0.05, 0) is 18.2 Å². The van der Waals surface area contributed by atoms with Crippen LogP contribution in [0.1, 0.15) is 5.56 Å². The number of fused-ring (bicyclic) bond motifs is 1. The van der Waals surface area contributed by atoms with Crippen molar-refractivity contribution in [2.75, 3.05) is 21.3 Å². The Morgan fingerprint density at radius 1 is 1.07 bits per heavy atom. The Balaban J connectivity index is 2.19. The van der Waals surface area contributed by atoms with E-state index in [1.54, 1.807) is 12.1 Å². The van der Waals surface area contributed by atoms with Gasteiger partial charge in [-0.1, -0.05) is 5.21 Å². The van der Waals surface area contributed by atoms with Gasteiger partial charge in [0, 0.05) is 17.7 Å². The van der Waals surface area contributed by atoms with Crippen molar-refractivity contribution >= 4 is 22.8 Å². The summed E-state index contributed by atoms with van der Waals surface area (Å²) in [4.78, 5) is 0. The molecule has 0 aliphatic heterocycles. The summed E-state index contributed by atoms with van der Waals surface area (Å²) in [5.41, 5.74) is 0.794. The zero-order chi connectivity index (χ0) is 19.6. The van der Waals surface area contributed by atoms with Gasteiger partial charge in [0.15, 0.2) is 23.1 Å². The Bertz CT molecular complexity index is 1090. The smallest absolute Gasteiger partial charge is 0.203 e. The van der Waals surface area contributed by atoms with Gasteiger partial charge in [0.2, 0.25) is 5.75 Å². The van der Waals surface area contributed by atoms with Crippen LogP contribution in [0.4, 0.5) is 8.78 Å². The largest absolute Gasteiger partial charge is 0.493 e. The first kappa shape index (κ1) is 18.1. The maximum Gasteiger partial charge on any atom is 0.203 e. The molecule has 0 N–H and O–H groups in total. The van der Waals surface area contributed by atoms with E-state index in [0.29, 0.717) is 22.8 Å². The predicted molar refractivity (Wildman–Crippen MR) is 93.3 cm³/mol. The van der Waals surface area contributed by atoms with Crippen molar-refractivity contribution in [1.29, 1.82) is 5.26 Å². The molecule has 0 aliphatic carbocycles. The Morgan fingerprint density at radius 2 is 1.78 bits per heavy atom. The quantitative estimate of drug-likeness (QED) is 0.640. The number of allylic oxidation sites excluding steroid dienone is 1. The van der Waals surface area contributed by atoms with E-state index < -0.39 is 11.6 Å². The molecule has 0 radical (unpaired) electrons. The third-order valence-corrected chi connectivity index (χ3v) is 3.86. The van der Waals surface area contributed by atoms with Gasteiger partial charge in [-0.25, -0.2) is 13.5 Å². The van der Waals surface area contributed by atoms with Crippen LogP contribution in [-0.2, 0) is 0 Å².